The number of nitrogens with zero attached hydrogens (tertiary/aromatic N) is 2. The fourth-order valence-electron chi connectivity index (χ4n) is 2.98. The number of hydrogen-bond acceptors (Lipinski definition) is 8. The molecule has 0 aliphatic rings. The quantitative estimate of drug-likeness (QED) is 0.337. The minimum Gasteiger partial charge on any atom is -0.497 e. The lowest BCUT2D eigenvalue weighted by Crippen LogP contribution is -2.26. The molecular weight excluding hydrogens is 464 g/mol. The summed E-state index contributed by atoms with van der Waals surface area (Å²) in [6.07, 6.45) is 1.42. The molecule has 170 valence electrons. The van der Waals surface area contributed by atoms with Crippen molar-refractivity contribution in [3.05, 3.63) is 83.6 Å². The van der Waals surface area contributed by atoms with Crippen LogP contribution in [0, 0.1) is 0 Å². The first-order chi connectivity index (χ1) is 15.9. The fourth-order valence-corrected chi connectivity index (χ4v) is 4.88. The van der Waals surface area contributed by atoms with E-state index in [1.165, 1.54) is 56.0 Å². The Morgan fingerprint density at radius 1 is 1.12 bits per heavy atom. The zero-order valence-corrected chi connectivity index (χ0v) is 19.4. The van der Waals surface area contributed by atoms with E-state index in [0.717, 1.165) is 9.18 Å². The van der Waals surface area contributed by atoms with Gasteiger partial charge in [-0.2, -0.15) is 0 Å². The number of anilines is 1. The van der Waals surface area contributed by atoms with Crippen LogP contribution in [0.25, 0.3) is 10.8 Å². The van der Waals surface area contributed by atoms with Gasteiger partial charge in [0.05, 0.1) is 28.1 Å². The summed E-state index contributed by atoms with van der Waals surface area (Å²) in [4.78, 5) is 17.7. The van der Waals surface area contributed by atoms with Crippen molar-refractivity contribution < 1.29 is 27.1 Å². The van der Waals surface area contributed by atoms with Crippen LogP contribution in [0.4, 0.5) is 5.69 Å². The van der Waals surface area contributed by atoms with E-state index in [0.29, 0.717) is 23.0 Å². The van der Waals surface area contributed by atoms with Gasteiger partial charge in [-0.3, -0.25) is 4.31 Å². The molecule has 4 aromatic rings. The number of thiophene rings is 1. The third kappa shape index (κ3) is 4.91. The topological polar surface area (TPSA) is 98.9 Å². The minimum absolute atomic E-state index is 0.0308. The Labute approximate surface area is 195 Å². The molecule has 8 nitrogen and oxygen atoms in total. The van der Waals surface area contributed by atoms with E-state index in [-0.39, 0.29) is 17.1 Å². The molecule has 0 N–H and O–H groups in total. The average molecular weight is 485 g/mol. The maximum absolute atomic E-state index is 13.1. The predicted molar refractivity (Wildman–Crippen MR) is 124 cm³/mol. The smallest absolute Gasteiger partial charge is 0.338 e. The maximum Gasteiger partial charge on any atom is 0.338 e. The van der Waals surface area contributed by atoms with Crippen molar-refractivity contribution in [3.63, 3.8) is 0 Å². The lowest BCUT2D eigenvalue weighted by Gasteiger charge is -2.20. The van der Waals surface area contributed by atoms with E-state index < -0.39 is 16.0 Å². The zero-order valence-electron chi connectivity index (χ0n) is 17.8. The molecular formula is C23H20N2O6S2. The lowest BCUT2D eigenvalue weighted by molar-refractivity contribution is 0.0467. The first-order valence-corrected chi connectivity index (χ1v) is 12.1. The number of ether oxygens (including phenoxy) is 2. The first-order valence-electron chi connectivity index (χ1n) is 9.77. The second kappa shape index (κ2) is 9.47. The molecule has 0 saturated heterocycles. The number of rotatable bonds is 8. The molecule has 0 amide bonds. The summed E-state index contributed by atoms with van der Waals surface area (Å²) >= 11 is 1.49. The minimum atomic E-state index is -3.90. The molecule has 0 atom stereocenters. The first kappa shape index (κ1) is 22.6. The number of hydrogen-bond donors (Lipinski definition) is 0. The van der Waals surface area contributed by atoms with Crippen LogP contribution in [0.15, 0.2) is 81.6 Å². The zero-order chi connectivity index (χ0) is 23.4. The Balaban J connectivity index is 1.46. The molecule has 2 aromatic heterocycles. The van der Waals surface area contributed by atoms with E-state index in [9.17, 15) is 13.2 Å². The Bertz CT molecular complexity index is 1350. The van der Waals surface area contributed by atoms with Crippen LogP contribution < -0.4 is 9.04 Å². The average Bonchev–Trinajstić information content (AvgIpc) is 3.54. The molecule has 10 heteroatoms. The van der Waals surface area contributed by atoms with Gasteiger partial charge >= 0.3 is 5.97 Å². The number of benzene rings is 2. The van der Waals surface area contributed by atoms with Crippen LogP contribution in [-0.4, -0.2) is 33.5 Å². The molecule has 0 spiro atoms. The Morgan fingerprint density at radius 3 is 2.61 bits per heavy atom. The molecule has 2 heterocycles. The molecule has 0 aliphatic heterocycles. The highest BCUT2D eigenvalue weighted by Gasteiger charge is 2.23. The van der Waals surface area contributed by atoms with Crippen LogP contribution in [0.2, 0.25) is 0 Å². The SMILES string of the molecule is COc1ccc(N(C)S(=O)(=O)c2cccc(C(=O)OCc3coc(-c4cccs4)n3)c2)cc1. The monoisotopic (exact) mass is 484 g/mol. The van der Waals surface area contributed by atoms with Crippen LogP contribution in [0.3, 0.4) is 0 Å². The molecule has 2 aromatic carbocycles. The molecule has 0 bridgehead atoms. The van der Waals surface area contributed by atoms with Crippen molar-refractivity contribution in [2.45, 2.75) is 11.5 Å². The van der Waals surface area contributed by atoms with Gasteiger partial charge in [-0.05, 0) is 53.9 Å². The van der Waals surface area contributed by atoms with Crippen molar-refractivity contribution in [3.8, 4) is 16.5 Å². The van der Waals surface area contributed by atoms with Crippen molar-refractivity contribution >= 4 is 33.0 Å². The van der Waals surface area contributed by atoms with Crippen LogP contribution >= 0.6 is 11.3 Å². The van der Waals surface area contributed by atoms with Gasteiger partial charge in [0.25, 0.3) is 10.0 Å². The number of aromatic nitrogens is 1. The number of carbonyl (C=O) groups excluding carboxylic acids is 1. The summed E-state index contributed by atoms with van der Waals surface area (Å²) in [5.74, 6) is 0.398. The molecule has 0 unspecified atom stereocenters. The molecule has 0 radical (unpaired) electrons. The van der Waals surface area contributed by atoms with Gasteiger partial charge in [0.1, 0.15) is 24.3 Å². The third-order valence-electron chi connectivity index (χ3n) is 4.80. The molecule has 33 heavy (non-hydrogen) atoms. The van der Waals surface area contributed by atoms with Gasteiger partial charge in [-0.25, -0.2) is 18.2 Å². The number of oxazole rings is 1. The van der Waals surface area contributed by atoms with Gasteiger partial charge in [0.2, 0.25) is 5.89 Å². The summed E-state index contributed by atoms with van der Waals surface area (Å²) in [5.41, 5.74) is 1.02. The van der Waals surface area contributed by atoms with E-state index in [1.807, 2.05) is 17.5 Å². The van der Waals surface area contributed by atoms with Crippen molar-refractivity contribution in [1.29, 1.82) is 0 Å². The fraction of sp³-hybridized carbons (Fsp3) is 0.130. The van der Waals surface area contributed by atoms with Crippen LogP contribution in [0.5, 0.6) is 5.75 Å². The highest BCUT2D eigenvalue weighted by atomic mass is 32.2. The number of methoxy groups -OCH3 is 1. The van der Waals surface area contributed by atoms with Gasteiger partial charge in [-0.15, -0.1) is 11.3 Å². The summed E-state index contributed by atoms with van der Waals surface area (Å²) in [6.45, 7) is -0.101. The summed E-state index contributed by atoms with van der Waals surface area (Å²) in [7, 11) is -0.923. The maximum atomic E-state index is 13.1. The summed E-state index contributed by atoms with van der Waals surface area (Å²) in [5, 5.41) is 1.91. The Kier molecular flexibility index (Phi) is 6.47. The highest BCUT2D eigenvalue weighted by molar-refractivity contribution is 7.92. The predicted octanol–water partition coefficient (Wildman–Crippen LogP) is 4.59. The van der Waals surface area contributed by atoms with Gasteiger partial charge in [-0.1, -0.05) is 12.1 Å². The second-order valence-corrected chi connectivity index (χ2v) is 9.81. The van der Waals surface area contributed by atoms with E-state index in [2.05, 4.69) is 4.98 Å². The number of esters is 1. The van der Waals surface area contributed by atoms with Crippen LogP contribution in [-0.2, 0) is 21.4 Å². The normalized spacial score (nSPS) is 11.2. The van der Waals surface area contributed by atoms with Crippen molar-refractivity contribution in [2.75, 3.05) is 18.5 Å². The van der Waals surface area contributed by atoms with Crippen molar-refractivity contribution in [2.24, 2.45) is 0 Å². The van der Waals surface area contributed by atoms with Crippen LogP contribution in [0.1, 0.15) is 16.1 Å². The molecule has 4 rings (SSSR count). The third-order valence-corrected chi connectivity index (χ3v) is 7.44. The molecule has 0 saturated carbocycles. The Morgan fingerprint density at radius 2 is 1.91 bits per heavy atom. The Hall–Kier alpha value is -3.63. The molecule has 0 fully saturated rings. The van der Waals surface area contributed by atoms with Gasteiger partial charge in [0.15, 0.2) is 0 Å². The summed E-state index contributed by atoms with van der Waals surface area (Å²) < 4.78 is 43.1. The summed E-state index contributed by atoms with van der Waals surface area (Å²) in [6, 6.07) is 16.1. The van der Waals surface area contributed by atoms with Gasteiger partial charge in [0, 0.05) is 7.05 Å². The van der Waals surface area contributed by atoms with E-state index in [4.69, 9.17) is 13.9 Å². The second-order valence-electron chi connectivity index (χ2n) is 6.90. The van der Waals surface area contributed by atoms with E-state index in [1.54, 1.807) is 24.3 Å². The largest absolute Gasteiger partial charge is 0.497 e. The molecule has 0 aliphatic carbocycles. The number of sulfonamides is 1. The number of carbonyl (C=O) groups is 1. The lowest BCUT2D eigenvalue weighted by atomic mass is 10.2. The highest BCUT2D eigenvalue weighted by Crippen LogP contribution is 2.26. The van der Waals surface area contributed by atoms with Gasteiger partial charge < -0.3 is 13.9 Å². The van der Waals surface area contributed by atoms with E-state index >= 15 is 0 Å². The standard InChI is InChI=1S/C23H20N2O6S2/c1-25(18-8-10-19(29-2)11-9-18)33(27,28)20-6-3-5-16(13-20)23(26)31-15-17-14-30-22(24-17)21-7-4-12-32-21/h3-14H,15H2,1-2H3. The van der Waals surface area contributed by atoms with Crippen molar-refractivity contribution in [1.82, 2.24) is 4.98 Å².